The first-order chi connectivity index (χ1) is 13.5. The van der Waals surface area contributed by atoms with E-state index in [1.165, 1.54) is 5.56 Å². The Morgan fingerprint density at radius 1 is 0.929 bits per heavy atom. The quantitative estimate of drug-likeness (QED) is 0.705. The van der Waals surface area contributed by atoms with Gasteiger partial charge < -0.3 is 20.0 Å². The van der Waals surface area contributed by atoms with Crippen LogP contribution >= 0.6 is 0 Å². The lowest BCUT2D eigenvalue weighted by molar-refractivity contribution is 0.141. The Morgan fingerprint density at radius 2 is 1.68 bits per heavy atom. The van der Waals surface area contributed by atoms with Crippen molar-refractivity contribution in [3.63, 3.8) is 0 Å². The number of aliphatic hydroxyl groups excluding tert-OH is 2. The van der Waals surface area contributed by atoms with Crippen LogP contribution in [0.15, 0.2) is 24.4 Å². The Morgan fingerprint density at radius 3 is 2.39 bits per heavy atom. The molecule has 1 atom stereocenters. The van der Waals surface area contributed by atoms with Gasteiger partial charge in [-0.2, -0.15) is 5.10 Å². The van der Waals surface area contributed by atoms with Crippen LogP contribution in [0.2, 0.25) is 0 Å². The molecule has 2 aliphatic rings. The Labute approximate surface area is 163 Å². The SMILES string of the molecule is Cc1nc(N2CC(O)C2)cc(-n2ncc3cc(C)c(N4CCC(O)C4)cc32)n1. The van der Waals surface area contributed by atoms with Crippen LogP contribution < -0.4 is 9.80 Å². The van der Waals surface area contributed by atoms with Gasteiger partial charge >= 0.3 is 0 Å². The summed E-state index contributed by atoms with van der Waals surface area (Å²) in [7, 11) is 0. The second-order valence-corrected chi connectivity index (χ2v) is 7.83. The molecule has 8 heteroatoms. The number of aromatic nitrogens is 4. The number of benzene rings is 1. The molecule has 3 aromatic rings. The number of anilines is 2. The highest BCUT2D eigenvalue weighted by Gasteiger charge is 2.27. The van der Waals surface area contributed by atoms with Gasteiger partial charge in [0.05, 0.1) is 23.9 Å². The van der Waals surface area contributed by atoms with Gasteiger partial charge in [0.25, 0.3) is 0 Å². The standard InChI is InChI=1S/C20H24N6O2/c1-12-5-14-8-21-26(18(14)6-17(12)24-4-3-15(27)9-24)20-7-19(22-13(2)23-20)25-10-16(28)11-25/h5-8,15-16,27-28H,3-4,9-11H2,1-2H3. The van der Waals surface area contributed by atoms with Crippen molar-refractivity contribution in [2.45, 2.75) is 32.5 Å². The minimum absolute atomic E-state index is 0.265. The number of hydrogen-bond acceptors (Lipinski definition) is 7. The Kier molecular flexibility index (Phi) is 3.99. The lowest BCUT2D eigenvalue weighted by Gasteiger charge is -2.36. The van der Waals surface area contributed by atoms with Gasteiger partial charge in [-0.1, -0.05) is 0 Å². The van der Waals surface area contributed by atoms with Gasteiger partial charge in [-0.3, -0.25) is 0 Å². The third-order valence-corrected chi connectivity index (χ3v) is 5.60. The molecule has 1 aromatic carbocycles. The van der Waals surface area contributed by atoms with Crippen molar-refractivity contribution in [2.24, 2.45) is 0 Å². The van der Waals surface area contributed by atoms with Crippen molar-refractivity contribution >= 4 is 22.4 Å². The van der Waals surface area contributed by atoms with E-state index in [0.717, 1.165) is 41.2 Å². The van der Waals surface area contributed by atoms with Crippen molar-refractivity contribution in [1.29, 1.82) is 0 Å². The number of hydrogen-bond donors (Lipinski definition) is 2. The van der Waals surface area contributed by atoms with Gasteiger partial charge in [-0.15, -0.1) is 0 Å². The Bertz CT molecular complexity index is 1040. The maximum atomic E-state index is 9.92. The van der Waals surface area contributed by atoms with Crippen LogP contribution in [0.4, 0.5) is 11.5 Å². The average molecular weight is 380 g/mol. The zero-order valence-corrected chi connectivity index (χ0v) is 16.1. The molecule has 4 heterocycles. The van der Waals surface area contributed by atoms with E-state index in [4.69, 9.17) is 0 Å². The van der Waals surface area contributed by atoms with Crippen LogP contribution in [0.5, 0.6) is 0 Å². The van der Waals surface area contributed by atoms with Crippen LogP contribution in [0, 0.1) is 13.8 Å². The fraction of sp³-hybridized carbons (Fsp3) is 0.450. The second kappa shape index (κ2) is 6.42. The lowest BCUT2D eigenvalue weighted by Crippen LogP contribution is -2.51. The molecule has 2 aromatic heterocycles. The molecule has 2 N–H and O–H groups in total. The molecule has 28 heavy (non-hydrogen) atoms. The van der Waals surface area contributed by atoms with Crippen molar-refractivity contribution in [2.75, 3.05) is 36.0 Å². The first-order valence-electron chi connectivity index (χ1n) is 9.68. The molecule has 8 nitrogen and oxygen atoms in total. The third-order valence-electron chi connectivity index (χ3n) is 5.60. The van der Waals surface area contributed by atoms with Crippen molar-refractivity contribution in [1.82, 2.24) is 19.7 Å². The molecule has 0 spiro atoms. The van der Waals surface area contributed by atoms with Crippen molar-refractivity contribution < 1.29 is 10.2 Å². The van der Waals surface area contributed by atoms with Crippen LogP contribution in [-0.2, 0) is 0 Å². The molecular weight excluding hydrogens is 356 g/mol. The van der Waals surface area contributed by atoms with E-state index in [-0.39, 0.29) is 12.2 Å². The largest absolute Gasteiger partial charge is 0.391 e. The molecule has 2 aliphatic heterocycles. The number of nitrogens with zero attached hydrogens (tertiary/aromatic N) is 6. The predicted octanol–water partition coefficient (Wildman–Crippen LogP) is 1.18. The van der Waals surface area contributed by atoms with Gasteiger partial charge in [0, 0.05) is 43.3 Å². The fourth-order valence-corrected chi connectivity index (χ4v) is 4.11. The van der Waals surface area contributed by atoms with E-state index in [1.54, 1.807) is 0 Å². The number of β-amino-alcohol motifs (C(OH)–C–C–N with tert-alkyl or cyclic N) is 2. The molecule has 1 unspecified atom stereocenters. The Hall–Kier alpha value is -2.71. The predicted molar refractivity (Wildman–Crippen MR) is 107 cm³/mol. The number of rotatable bonds is 3. The second-order valence-electron chi connectivity index (χ2n) is 7.83. The maximum Gasteiger partial charge on any atom is 0.159 e. The number of fused-ring (bicyclic) bond motifs is 1. The molecule has 146 valence electrons. The zero-order chi connectivity index (χ0) is 19.4. The fourth-order valence-electron chi connectivity index (χ4n) is 4.11. The van der Waals surface area contributed by atoms with E-state index in [2.05, 4.69) is 39.0 Å². The molecule has 0 amide bonds. The highest BCUT2D eigenvalue weighted by atomic mass is 16.3. The summed E-state index contributed by atoms with van der Waals surface area (Å²) >= 11 is 0. The van der Waals surface area contributed by atoms with Gasteiger partial charge in [0.1, 0.15) is 11.6 Å². The smallest absolute Gasteiger partial charge is 0.159 e. The molecule has 0 aliphatic carbocycles. The van der Waals surface area contributed by atoms with Crippen LogP contribution in [-0.4, -0.2) is 68.3 Å². The molecule has 5 rings (SSSR count). The number of aliphatic hydroxyl groups is 2. The summed E-state index contributed by atoms with van der Waals surface area (Å²) in [5, 5.41) is 25.2. The van der Waals surface area contributed by atoms with E-state index >= 15 is 0 Å². The monoisotopic (exact) mass is 380 g/mol. The summed E-state index contributed by atoms with van der Waals surface area (Å²) in [6.45, 7) is 6.67. The van der Waals surface area contributed by atoms with Crippen LogP contribution in [0.25, 0.3) is 16.7 Å². The summed E-state index contributed by atoms with van der Waals surface area (Å²) in [5.74, 6) is 2.20. The Balaban J connectivity index is 1.58. The molecule has 0 saturated carbocycles. The molecule has 0 bridgehead atoms. The molecule has 2 saturated heterocycles. The van der Waals surface area contributed by atoms with Gasteiger partial charge in [0.15, 0.2) is 5.82 Å². The first kappa shape index (κ1) is 17.4. The summed E-state index contributed by atoms with van der Waals surface area (Å²) in [5.41, 5.74) is 3.28. The summed E-state index contributed by atoms with van der Waals surface area (Å²) in [6, 6.07) is 6.20. The first-order valence-corrected chi connectivity index (χ1v) is 9.68. The molecule has 0 radical (unpaired) electrons. The van der Waals surface area contributed by atoms with E-state index < -0.39 is 0 Å². The van der Waals surface area contributed by atoms with E-state index in [0.29, 0.717) is 25.5 Å². The minimum atomic E-state index is -0.286. The molecular formula is C20H24N6O2. The highest BCUT2D eigenvalue weighted by Crippen LogP contribution is 2.31. The van der Waals surface area contributed by atoms with Gasteiger partial charge in [0.2, 0.25) is 0 Å². The summed E-state index contributed by atoms with van der Waals surface area (Å²) in [4.78, 5) is 13.4. The summed E-state index contributed by atoms with van der Waals surface area (Å²) < 4.78 is 1.85. The topological polar surface area (TPSA) is 90.5 Å². The van der Waals surface area contributed by atoms with Crippen LogP contribution in [0.3, 0.4) is 0 Å². The highest BCUT2D eigenvalue weighted by molar-refractivity contribution is 5.85. The average Bonchev–Trinajstić information content (AvgIpc) is 3.23. The number of aryl methyl sites for hydroxylation is 2. The third kappa shape index (κ3) is 2.89. The van der Waals surface area contributed by atoms with Crippen LogP contribution in [0.1, 0.15) is 17.8 Å². The molecule has 2 fully saturated rings. The zero-order valence-electron chi connectivity index (χ0n) is 16.1. The van der Waals surface area contributed by atoms with Crippen molar-refractivity contribution in [3.05, 3.63) is 35.8 Å². The van der Waals surface area contributed by atoms with E-state index in [1.807, 2.05) is 28.8 Å². The normalized spacial score (nSPS) is 20.2. The summed E-state index contributed by atoms with van der Waals surface area (Å²) in [6.07, 6.45) is 2.10. The lowest BCUT2D eigenvalue weighted by atomic mass is 10.1. The van der Waals surface area contributed by atoms with Gasteiger partial charge in [-0.25, -0.2) is 14.6 Å². The minimum Gasteiger partial charge on any atom is -0.391 e. The van der Waals surface area contributed by atoms with E-state index in [9.17, 15) is 10.2 Å². The maximum absolute atomic E-state index is 9.92. The van der Waals surface area contributed by atoms with Crippen molar-refractivity contribution in [3.8, 4) is 5.82 Å². The van der Waals surface area contributed by atoms with Gasteiger partial charge in [-0.05, 0) is 38.0 Å².